The zero-order chi connectivity index (χ0) is 17.5. The highest BCUT2D eigenvalue weighted by molar-refractivity contribution is 7.87. The summed E-state index contributed by atoms with van der Waals surface area (Å²) in [4.78, 5) is 0. The van der Waals surface area contributed by atoms with E-state index in [1.165, 1.54) is 18.4 Å². The Labute approximate surface area is 143 Å². The monoisotopic (exact) mass is 348 g/mol. The molecular weight excluding hydrogens is 324 g/mol. The normalized spacial score (nSPS) is 20.1. The van der Waals surface area contributed by atoms with Crippen LogP contribution in [-0.4, -0.2) is 36.6 Å². The molecular formula is C17H24N4O2S. The number of rotatable bonds is 4. The Morgan fingerprint density at radius 1 is 1.25 bits per heavy atom. The Hall–Kier alpha value is -1.70. The molecule has 1 atom stereocenters. The molecule has 2 aromatic rings. The third-order valence-corrected chi connectivity index (χ3v) is 6.00. The maximum absolute atomic E-state index is 12.3. The summed E-state index contributed by atoms with van der Waals surface area (Å²) < 4.78 is 30.5. The molecule has 1 N–H and O–H groups in total. The van der Waals surface area contributed by atoms with E-state index in [-0.39, 0.29) is 11.5 Å². The molecule has 3 rings (SSSR count). The van der Waals surface area contributed by atoms with E-state index in [1.54, 1.807) is 6.20 Å². The largest absolute Gasteiger partial charge is 0.279 e. The molecule has 1 heterocycles. The summed E-state index contributed by atoms with van der Waals surface area (Å²) >= 11 is 0. The van der Waals surface area contributed by atoms with Gasteiger partial charge in [-0.2, -0.15) is 22.5 Å². The molecule has 0 spiro atoms. The maximum atomic E-state index is 12.3. The van der Waals surface area contributed by atoms with Gasteiger partial charge in [-0.3, -0.25) is 0 Å². The summed E-state index contributed by atoms with van der Waals surface area (Å²) in [5.74, 6) is 0. The maximum Gasteiger partial charge on any atom is 0.279 e. The predicted molar refractivity (Wildman–Crippen MR) is 94.1 cm³/mol. The molecule has 0 aliphatic heterocycles. The summed E-state index contributed by atoms with van der Waals surface area (Å²) in [6.07, 6.45) is 3.39. The van der Waals surface area contributed by atoms with Crippen molar-refractivity contribution >= 4 is 10.2 Å². The molecule has 7 heteroatoms. The lowest BCUT2D eigenvalue weighted by molar-refractivity contribution is 0.267. The van der Waals surface area contributed by atoms with Crippen molar-refractivity contribution in [3.63, 3.8) is 0 Å². The summed E-state index contributed by atoms with van der Waals surface area (Å²) in [5.41, 5.74) is 3.01. The second-order valence-corrected chi connectivity index (χ2v) is 9.21. The van der Waals surface area contributed by atoms with Crippen molar-refractivity contribution in [2.45, 2.75) is 32.7 Å². The van der Waals surface area contributed by atoms with Crippen molar-refractivity contribution in [1.82, 2.24) is 18.8 Å². The number of nitrogens with zero attached hydrogens (tertiary/aromatic N) is 3. The lowest BCUT2D eigenvalue weighted by atomic mass is 9.74. The lowest BCUT2D eigenvalue weighted by Gasteiger charge is -2.36. The van der Waals surface area contributed by atoms with Crippen molar-refractivity contribution in [3.05, 3.63) is 47.8 Å². The molecule has 1 aromatic heterocycles. The molecule has 0 unspecified atom stereocenters. The second kappa shape index (κ2) is 5.98. The number of hydrogen-bond donors (Lipinski definition) is 1. The summed E-state index contributed by atoms with van der Waals surface area (Å²) in [7, 11) is -0.435. The van der Waals surface area contributed by atoms with E-state index >= 15 is 0 Å². The van der Waals surface area contributed by atoms with Crippen molar-refractivity contribution < 1.29 is 8.42 Å². The van der Waals surface area contributed by atoms with Gasteiger partial charge in [0.1, 0.15) is 0 Å². The average Bonchev–Trinajstić information content (AvgIpc) is 2.90. The molecule has 0 fully saturated rings. The topological polar surface area (TPSA) is 67.2 Å². The minimum absolute atomic E-state index is 0.0148. The summed E-state index contributed by atoms with van der Waals surface area (Å²) in [5, 5.41) is 4.53. The fourth-order valence-corrected chi connectivity index (χ4v) is 4.01. The number of fused-ring (bicyclic) bond motifs is 1. The fourth-order valence-electron chi connectivity index (χ4n) is 3.22. The Morgan fingerprint density at radius 2 is 1.92 bits per heavy atom. The smallest absolute Gasteiger partial charge is 0.237 e. The van der Waals surface area contributed by atoms with Crippen molar-refractivity contribution in [1.29, 1.82) is 0 Å². The first-order valence-electron chi connectivity index (χ1n) is 8.02. The van der Waals surface area contributed by atoms with Crippen LogP contribution in [0.2, 0.25) is 0 Å². The molecule has 130 valence electrons. The van der Waals surface area contributed by atoms with Crippen LogP contribution in [0.3, 0.4) is 0 Å². The Bertz CT molecular complexity index is 826. The van der Waals surface area contributed by atoms with E-state index < -0.39 is 10.2 Å². The van der Waals surface area contributed by atoms with Crippen molar-refractivity contribution in [2.24, 2.45) is 5.41 Å². The van der Waals surface area contributed by atoms with Crippen molar-refractivity contribution in [3.8, 4) is 5.69 Å². The Morgan fingerprint density at radius 3 is 2.54 bits per heavy atom. The van der Waals surface area contributed by atoms with E-state index in [0.29, 0.717) is 0 Å². The van der Waals surface area contributed by atoms with E-state index in [1.807, 2.05) is 35.0 Å². The quantitative estimate of drug-likeness (QED) is 0.922. The van der Waals surface area contributed by atoms with Gasteiger partial charge in [0.15, 0.2) is 0 Å². The van der Waals surface area contributed by atoms with Crippen LogP contribution in [0.5, 0.6) is 0 Å². The number of para-hydroxylation sites is 1. The van der Waals surface area contributed by atoms with Crippen LogP contribution in [0.4, 0.5) is 0 Å². The molecule has 0 saturated heterocycles. The summed E-state index contributed by atoms with van der Waals surface area (Å²) in [6.45, 7) is 4.32. The lowest BCUT2D eigenvalue weighted by Crippen LogP contribution is -2.41. The van der Waals surface area contributed by atoms with E-state index in [9.17, 15) is 8.42 Å². The molecule has 0 amide bonds. The van der Waals surface area contributed by atoms with Crippen LogP contribution in [0.1, 0.15) is 37.6 Å². The van der Waals surface area contributed by atoms with Gasteiger partial charge in [-0.1, -0.05) is 32.0 Å². The number of nitrogens with one attached hydrogen (secondary N) is 1. The first kappa shape index (κ1) is 17.1. The number of aromatic nitrogens is 2. The molecule has 1 aliphatic carbocycles. The first-order valence-corrected chi connectivity index (χ1v) is 9.46. The second-order valence-electron chi connectivity index (χ2n) is 7.30. The molecule has 1 aliphatic rings. The van der Waals surface area contributed by atoms with Crippen LogP contribution in [0.15, 0.2) is 36.5 Å². The van der Waals surface area contributed by atoms with Gasteiger partial charge >= 0.3 is 0 Å². The van der Waals surface area contributed by atoms with Crippen molar-refractivity contribution in [2.75, 3.05) is 14.1 Å². The standard InChI is InChI=1S/C17H24N4O2S/c1-17(2)10-15(19-24(22,23)20(3)4)14-12-18-21(16(14)11-17)13-8-6-5-7-9-13/h5-9,12,15,19H,10-11H2,1-4H3/t15-/m1/s1. The van der Waals surface area contributed by atoms with Gasteiger partial charge in [-0.15, -0.1) is 0 Å². The van der Waals surface area contributed by atoms with Gasteiger partial charge in [0.05, 0.1) is 17.9 Å². The molecule has 1 aromatic carbocycles. The van der Waals surface area contributed by atoms with E-state index in [2.05, 4.69) is 23.7 Å². The van der Waals surface area contributed by atoms with Crippen LogP contribution in [0.25, 0.3) is 5.69 Å². The molecule has 0 radical (unpaired) electrons. The zero-order valence-corrected chi connectivity index (χ0v) is 15.3. The first-order chi connectivity index (χ1) is 11.2. The van der Waals surface area contributed by atoms with Gasteiger partial charge in [-0.05, 0) is 30.4 Å². The predicted octanol–water partition coefficient (Wildman–Crippen LogP) is 2.28. The third kappa shape index (κ3) is 3.24. The molecule has 0 bridgehead atoms. The summed E-state index contributed by atoms with van der Waals surface area (Å²) in [6, 6.07) is 9.67. The SMILES string of the molecule is CN(C)S(=O)(=O)N[C@@H]1CC(C)(C)Cc2c1cnn2-c1ccccc1. The molecule has 0 saturated carbocycles. The van der Waals surface area contributed by atoms with Crippen LogP contribution in [-0.2, 0) is 16.6 Å². The number of hydrogen-bond acceptors (Lipinski definition) is 3. The number of benzene rings is 1. The minimum atomic E-state index is -3.50. The van der Waals surface area contributed by atoms with E-state index in [4.69, 9.17) is 0 Å². The third-order valence-electron chi connectivity index (χ3n) is 4.45. The minimum Gasteiger partial charge on any atom is -0.237 e. The fraction of sp³-hybridized carbons (Fsp3) is 0.471. The zero-order valence-electron chi connectivity index (χ0n) is 14.5. The van der Waals surface area contributed by atoms with Gasteiger partial charge in [0, 0.05) is 25.4 Å². The van der Waals surface area contributed by atoms with Crippen LogP contribution in [0, 0.1) is 5.41 Å². The Kier molecular flexibility index (Phi) is 4.27. The van der Waals surface area contributed by atoms with Crippen LogP contribution < -0.4 is 4.72 Å². The van der Waals surface area contributed by atoms with E-state index in [0.717, 1.165) is 29.8 Å². The average molecular weight is 348 g/mol. The Balaban J connectivity index is 2.04. The van der Waals surface area contributed by atoms with Crippen LogP contribution >= 0.6 is 0 Å². The van der Waals surface area contributed by atoms with Gasteiger partial charge < -0.3 is 0 Å². The van der Waals surface area contributed by atoms with Gasteiger partial charge in [-0.25, -0.2) is 4.68 Å². The molecule has 24 heavy (non-hydrogen) atoms. The highest BCUT2D eigenvalue weighted by Crippen LogP contribution is 2.41. The highest BCUT2D eigenvalue weighted by Gasteiger charge is 2.37. The van der Waals surface area contributed by atoms with Gasteiger partial charge in [0.25, 0.3) is 10.2 Å². The highest BCUT2D eigenvalue weighted by atomic mass is 32.2. The van der Waals surface area contributed by atoms with Gasteiger partial charge in [0.2, 0.25) is 0 Å². The molecule has 6 nitrogen and oxygen atoms in total.